The van der Waals surface area contributed by atoms with Crippen LogP contribution in [0.25, 0.3) is 11.2 Å². The van der Waals surface area contributed by atoms with Gasteiger partial charge in [0.1, 0.15) is 18.5 Å². The Labute approximate surface area is 294 Å². The maximum absolute atomic E-state index is 13.9. The Bertz CT molecular complexity index is 1510. The molecule has 0 spiro atoms. The van der Waals surface area contributed by atoms with Crippen molar-refractivity contribution in [3.63, 3.8) is 0 Å². The van der Waals surface area contributed by atoms with E-state index in [0.29, 0.717) is 11.2 Å². The second-order valence-corrected chi connectivity index (χ2v) is 25.7. The Morgan fingerprint density at radius 3 is 2.08 bits per heavy atom. The minimum Gasteiger partial charge on any atom is -0.454 e. The van der Waals surface area contributed by atoms with Crippen LogP contribution < -0.4 is 5.32 Å². The van der Waals surface area contributed by atoms with Crippen LogP contribution in [0.4, 0.5) is 5.82 Å². The van der Waals surface area contributed by atoms with Crippen molar-refractivity contribution in [3.8, 4) is 0 Å². The molecule has 0 aromatic carbocycles. The van der Waals surface area contributed by atoms with Gasteiger partial charge in [0.05, 0.1) is 18.3 Å². The summed E-state index contributed by atoms with van der Waals surface area (Å²) in [6.07, 6.45) is 2.60. The standard InChI is InChI=1S/C35H59N5O7Si2/c1-16-17-35(40-20-38-26-29(36-19-37-30(26)40)39-31(41)33(10,11)12)28(44-32(42)34(13,14)15)27-25(45-35)18-43-48(21(2)3,22(4)5)47-49(46-27,23(6)7)24(8)9/h16,19-25,27-28H,1,17-18H2,2-15H3,(H,36,37,39,41)/t25-,27-,28+,35-/m1/s1. The lowest BCUT2D eigenvalue weighted by atomic mass is 9.95. The number of esters is 1. The smallest absolute Gasteiger partial charge is 0.335 e. The molecule has 0 aliphatic carbocycles. The molecule has 0 radical (unpaired) electrons. The highest BCUT2D eigenvalue weighted by Crippen LogP contribution is 2.51. The van der Waals surface area contributed by atoms with E-state index in [0.717, 1.165) is 0 Å². The zero-order valence-electron chi connectivity index (χ0n) is 32.0. The predicted molar refractivity (Wildman–Crippen MR) is 194 cm³/mol. The van der Waals surface area contributed by atoms with E-state index < -0.39 is 58.0 Å². The van der Waals surface area contributed by atoms with Gasteiger partial charge in [-0.05, 0) is 42.9 Å². The largest absolute Gasteiger partial charge is 0.454 e. The van der Waals surface area contributed by atoms with Gasteiger partial charge in [0.25, 0.3) is 0 Å². The van der Waals surface area contributed by atoms with Crippen LogP contribution in [0.15, 0.2) is 25.3 Å². The minimum atomic E-state index is -3.13. The van der Waals surface area contributed by atoms with Gasteiger partial charge in [-0.2, -0.15) is 0 Å². The van der Waals surface area contributed by atoms with Crippen molar-refractivity contribution in [1.29, 1.82) is 0 Å². The van der Waals surface area contributed by atoms with Crippen molar-refractivity contribution < 1.29 is 32.0 Å². The van der Waals surface area contributed by atoms with Gasteiger partial charge in [0.15, 0.2) is 28.8 Å². The van der Waals surface area contributed by atoms with E-state index in [1.807, 2.05) is 41.5 Å². The lowest BCUT2D eigenvalue weighted by Crippen LogP contribution is -2.66. The van der Waals surface area contributed by atoms with Crippen molar-refractivity contribution in [2.75, 3.05) is 11.9 Å². The number of hydrogen-bond acceptors (Lipinski definition) is 10. The fourth-order valence-electron chi connectivity index (χ4n) is 6.87. The maximum atomic E-state index is 13.9. The fourth-order valence-corrected chi connectivity index (χ4v) is 18.1. The van der Waals surface area contributed by atoms with Crippen molar-refractivity contribution in [2.45, 2.75) is 150 Å². The van der Waals surface area contributed by atoms with E-state index in [-0.39, 0.29) is 46.9 Å². The number of nitrogens with zero attached hydrogens (tertiary/aromatic N) is 4. The Balaban J connectivity index is 1.99. The number of aromatic nitrogens is 4. The van der Waals surface area contributed by atoms with Gasteiger partial charge in [-0.15, -0.1) is 6.58 Å². The van der Waals surface area contributed by atoms with E-state index in [1.165, 1.54) is 6.33 Å². The molecule has 2 saturated heterocycles. The molecule has 0 saturated carbocycles. The highest BCUT2D eigenvalue weighted by Gasteiger charge is 2.66. The molecule has 2 aromatic heterocycles. The molecule has 4 rings (SSSR count). The molecule has 0 bridgehead atoms. The molecule has 274 valence electrons. The molecule has 1 amide bonds. The van der Waals surface area contributed by atoms with Crippen LogP contribution in [0, 0.1) is 10.8 Å². The number of carbonyl (C=O) groups excluding carboxylic acids is 2. The second kappa shape index (κ2) is 13.9. The second-order valence-electron chi connectivity index (χ2n) is 16.8. The summed E-state index contributed by atoms with van der Waals surface area (Å²) in [5.41, 5.74) is -1.72. The van der Waals surface area contributed by atoms with Crippen LogP contribution in [-0.4, -0.2) is 73.4 Å². The first kappa shape index (κ1) is 39.3. The van der Waals surface area contributed by atoms with Crippen molar-refractivity contribution >= 4 is 46.0 Å². The quantitative estimate of drug-likeness (QED) is 0.159. The first-order valence-electron chi connectivity index (χ1n) is 17.6. The third-order valence-electron chi connectivity index (χ3n) is 9.73. The summed E-state index contributed by atoms with van der Waals surface area (Å²) < 4.78 is 37.4. The molecule has 14 heteroatoms. The highest BCUT2D eigenvalue weighted by molar-refractivity contribution is 6.84. The maximum Gasteiger partial charge on any atom is 0.335 e. The van der Waals surface area contributed by atoms with Crippen LogP contribution in [-0.2, 0) is 37.8 Å². The summed E-state index contributed by atoms with van der Waals surface area (Å²) >= 11 is 0. The van der Waals surface area contributed by atoms with Crippen LogP contribution in [0.2, 0.25) is 22.2 Å². The van der Waals surface area contributed by atoms with E-state index in [2.05, 4.69) is 82.2 Å². The van der Waals surface area contributed by atoms with Gasteiger partial charge >= 0.3 is 23.1 Å². The fraction of sp³-hybridized carbons (Fsp3) is 0.743. The number of carbonyl (C=O) groups is 2. The molecular weight excluding hydrogens is 659 g/mol. The molecular formula is C35H59N5O7Si2. The van der Waals surface area contributed by atoms with Crippen LogP contribution >= 0.6 is 0 Å². The summed E-state index contributed by atoms with van der Waals surface area (Å²) in [6, 6.07) is 0. The SMILES string of the molecule is C=CC[C@@]1(n2cnc3c(NC(=O)C(C)(C)C)ncnc32)O[C@@H]2CO[Si](C(C)C)(C(C)C)O[Si](C(C)C)(C(C)C)O[C@H]2[C@@H]1OC(=O)C(C)(C)C. The summed E-state index contributed by atoms with van der Waals surface area (Å²) in [4.78, 5) is 40.5. The third-order valence-corrected chi connectivity index (χ3v) is 20.0. The number of imidazole rings is 1. The summed E-state index contributed by atoms with van der Waals surface area (Å²) in [5.74, 6) is -0.352. The van der Waals surface area contributed by atoms with Crippen LogP contribution in [0.5, 0.6) is 0 Å². The lowest BCUT2D eigenvalue weighted by molar-refractivity contribution is -0.186. The average Bonchev–Trinajstić information content (AvgIpc) is 3.52. The summed E-state index contributed by atoms with van der Waals surface area (Å²) in [6.45, 7) is 32.5. The Hall–Kier alpha value is -2.50. The number of nitrogens with one attached hydrogen (secondary N) is 1. The van der Waals surface area contributed by atoms with Gasteiger partial charge in [0.2, 0.25) is 5.91 Å². The molecule has 4 heterocycles. The van der Waals surface area contributed by atoms with Gasteiger partial charge in [-0.25, -0.2) is 15.0 Å². The summed E-state index contributed by atoms with van der Waals surface area (Å²) in [7, 11) is -6.02. The molecule has 2 aliphatic heterocycles. The van der Waals surface area contributed by atoms with Gasteiger partial charge in [0, 0.05) is 11.8 Å². The molecule has 2 fully saturated rings. The topological polar surface area (TPSA) is 136 Å². The lowest BCUT2D eigenvalue weighted by Gasteiger charge is -2.51. The number of anilines is 1. The molecule has 12 nitrogen and oxygen atoms in total. The third kappa shape index (κ3) is 7.05. The van der Waals surface area contributed by atoms with Crippen molar-refractivity contribution in [3.05, 3.63) is 25.3 Å². The van der Waals surface area contributed by atoms with Gasteiger partial charge in [-0.1, -0.05) is 82.2 Å². The van der Waals surface area contributed by atoms with Crippen LogP contribution in [0.1, 0.15) is 103 Å². The molecule has 49 heavy (non-hydrogen) atoms. The normalized spacial score (nSPS) is 25.8. The van der Waals surface area contributed by atoms with E-state index >= 15 is 0 Å². The van der Waals surface area contributed by atoms with E-state index in [9.17, 15) is 9.59 Å². The molecule has 4 atom stereocenters. The van der Waals surface area contributed by atoms with Crippen LogP contribution in [0.3, 0.4) is 0 Å². The Kier molecular flexibility index (Phi) is 11.2. The van der Waals surface area contributed by atoms with E-state index in [1.54, 1.807) is 17.0 Å². The van der Waals surface area contributed by atoms with Gasteiger partial charge in [-0.3, -0.25) is 14.2 Å². The number of ether oxygens (including phenoxy) is 2. The first-order chi connectivity index (χ1) is 22.6. The first-order valence-corrected chi connectivity index (χ1v) is 21.5. The highest BCUT2D eigenvalue weighted by atomic mass is 28.5. The van der Waals surface area contributed by atoms with Gasteiger partial charge < -0.3 is 27.8 Å². The van der Waals surface area contributed by atoms with Crippen molar-refractivity contribution in [2.24, 2.45) is 10.8 Å². The number of amides is 1. The van der Waals surface area contributed by atoms with E-state index in [4.69, 9.17) is 22.4 Å². The Morgan fingerprint density at radius 2 is 1.57 bits per heavy atom. The molecule has 0 unspecified atom stereocenters. The average molecular weight is 718 g/mol. The monoisotopic (exact) mass is 717 g/mol. The Morgan fingerprint density at radius 1 is 0.980 bits per heavy atom. The minimum absolute atomic E-state index is 0.0448. The molecule has 2 aromatic rings. The number of fused-ring (bicyclic) bond motifs is 2. The zero-order chi connectivity index (χ0) is 36.9. The molecule has 1 N–H and O–H groups in total. The number of rotatable bonds is 9. The predicted octanol–water partition coefficient (Wildman–Crippen LogP) is 7.35. The molecule has 2 aliphatic rings. The zero-order valence-corrected chi connectivity index (χ0v) is 34.0. The summed E-state index contributed by atoms with van der Waals surface area (Å²) in [5, 5.41) is 2.91. The number of hydrogen-bond donors (Lipinski definition) is 1. The van der Waals surface area contributed by atoms with Crippen molar-refractivity contribution in [1.82, 2.24) is 19.5 Å².